The van der Waals surface area contributed by atoms with Crippen LogP contribution in [0.1, 0.15) is 34.6 Å². The van der Waals surface area contributed by atoms with Crippen molar-refractivity contribution in [1.82, 2.24) is 10.2 Å². The molecular weight excluding hydrogens is 176 g/mol. The van der Waals surface area contributed by atoms with Gasteiger partial charge in [-0.25, -0.2) is 4.79 Å². The van der Waals surface area contributed by atoms with Crippen LogP contribution in [0.15, 0.2) is 0 Å². The zero-order chi connectivity index (χ0) is 9.14. The smallest absolute Gasteiger partial charge is 0.369 e. The van der Waals surface area contributed by atoms with Gasteiger partial charge in [0, 0.05) is 5.92 Å². The summed E-state index contributed by atoms with van der Waals surface area (Å²) in [5.74, 6) is -0.111. The van der Waals surface area contributed by atoms with Crippen molar-refractivity contribution in [3.63, 3.8) is 0 Å². The van der Waals surface area contributed by atoms with Crippen molar-refractivity contribution in [2.45, 2.75) is 19.8 Å². The number of methoxy groups -OCH3 is 1. The van der Waals surface area contributed by atoms with Gasteiger partial charge in [-0.15, -0.1) is 10.2 Å². The van der Waals surface area contributed by atoms with Crippen molar-refractivity contribution in [2.24, 2.45) is 0 Å². The van der Waals surface area contributed by atoms with Crippen LogP contribution in [0, 0.1) is 0 Å². The Morgan fingerprint density at radius 2 is 2.17 bits per heavy atom. The van der Waals surface area contributed by atoms with Crippen LogP contribution in [0.3, 0.4) is 0 Å². The summed E-state index contributed by atoms with van der Waals surface area (Å²) in [6.07, 6.45) is 0. The van der Waals surface area contributed by atoms with E-state index in [1.54, 1.807) is 0 Å². The maximum absolute atomic E-state index is 10.9. The normalized spacial score (nSPS) is 10.3. The Kier molecular flexibility index (Phi) is 2.75. The molecule has 0 aliphatic carbocycles. The molecule has 0 aromatic carbocycles. The Balaban J connectivity index is 2.84. The van der Waals surface area contributed by atoms with Crippen LogP contribution in [0.4, 0.5) is 0 Å². The number of carbonyl (C=O) groups is 1. The Morgan fingerprint density at radius 3 is 2.58 bits per heavy atom. The third-order valence-electron chi connectivity index (χ3n) is 1.29. The first-order chi connectivity index (χ1) is 5.65. The number of aromatic nitrogens is 2. The minimum Gasteiger partial charge on any atom is -0.464 e. The second-order valence-corrected chi connectivity index (χ2v) is 3.60. The predicted molar refractivity (Wildman–Crippen MR) is 45.3 cm³/mol. The molecule has 1 heterocycles. The minimum absolute atomic E-state index is 0.306. The second-order valence-electron chi connectivity index (χ2n) is 2.59. The summed E-state index contributed by atoms with van der Waals surface area (Å²) in [7, 11) is 1.33. The molecule has 0 unspecified atom stereocenters. The lowest BCUT2D eigenvalue weighted by atomic mass is 10.2. The van der Waals surface area contributed by atoms with E-state index in [1.165, 1.54) is 18.4 Å². The van der Waals surface area contributed by atoms with Crippen LogP contribution in [-0.2, 0) is 4.74 Å². The molecule has 1 rings (SSSR count). The number of ether oxygens (including phenoxy) is 1. The van der Waals surface area contributed by atoms with Crippen LogP contribution >= 0.6 is 11.3 Å². The third kappa shape index (κ3) is 1.79. The van der Waals surface area contributed by atoms with Crippen molar-refractivity contribution >= 4 is 17.3 Å². The van der Waals surface area contributed by atoms with Gasteiger partial charge < -0.3 is 4.74 Å². The molecule has 0 spiro atoms. The molecule has 12 heavy (non-hydrogen) atoms. The highest BCUT2D eigenvalue weighted by Crippen LogP contribution is 2.18. The first kappa shape index (κ1) is 9.12. The third-order valence-corrected chi connectivity index (χ3v) is 2.50. The molecule has 0 amide bonds. The molecule has 0 aliphatic heterocycles. The lowest BCUT2D eigenvalue weighted by Crippen LogP contribution is -1.99. The fraction of sp³-hybridized carbons (Fsp3) is 0.571. The summed E-state index contributed by atoms with van der Waals surface area (Å²) < 4.78 is 4.50. The maximum atomic E-state index is 10.9. The van der Waals surface area contributed by atoms with Crippen LogP contribution in [0.5, 0.6) is 0 Å². The number of esters is 1. The van der Waals surface area contributed by atoms with Gasteiger partial charge >= 0.3 is 5.97 Å². The van der Waals surface area contributed by atoms with E-state index in [4.69, 9.17) is 0 Å². The average Bonchev–Trinajstić information content (AvgIpc) is 2.51. The van der Waals surface area contributed by atoms with Gasteiger partial charge in [-0.3, -0.25) is 0 Å². The van der Waals surface area contributed by atoms with Crippen molar-refractivity contribution < 1.29 is 9.53 Å². The van der Waals surface area contributed by atoms with Gasteiger partial charge in [-0.2, -0.15) is 0 Å². The van der Waals surface area contributed by atoms with Gasteiger partial charge in [-0.05, 0) is 0 Å². The van der Waals surface area contributed by atoms with Gasteiger partial charge in [0.25, 0.3) is 0 Å². The zero-order valence-corrected chi connectivity index (χ0v) is 8.01. The summed E-state index contributed by atoms with van der Waals surface area (Å²) in [5, 5.41) is 8.73. The largest absolute Gasteiger partial charge is 0.464 e. The summed E-state index contributed by atoms with van der Waals surface area (Å²) in [6, 6.07) is 0. The van der Waals surface area contributed by atoms with Crippen LogP contribution in [0.2, 0.25) is 0 Å². The second kappa shape index (κ2) is 3.62. The van der Waals surface area contributed by atoms with Gasteiger partial charge in [0.15, 0.2) is 0 Å². The van der Waals surface area contributed by atoms with E-state index in [0.717, 1.165) is 5.01 Å². The molecule has 5 heteroatoms. The van der Waals surface area contributed by atoms with Crippen LogP contribution in [-0.4, -0.2) is 23.3 Å². The number of nitrogens with zero attached hydrogens (tertiary/aromatic N) is 2. The molecule has 0 saturated heterocycles. The molecule has 4 nitrogen and oxygen atoms in total. The molecular formula is C7H10N2O2S. The van der Waals surface area contributed by atoms with Crippen molar-refractivity contribution in [1.29, 1.82) is 0 Å². The number of hydrogen-bond donors (Lipinski definition) is 0. The standard InChI is InChI=1S/C7H10N2O2S/c1-4(2)5-8-9-6(12-5)7(10)11-3/h4H,1-3H3. The quantitative estimate of drug-likeness (QED) is 0.656. The zero-order valence-electron chi connectivity index (χ0n) is 7.20. The van der Waals surface area contributed by atoms with E-state index in [0.29, 0.717) is 10.9 Å². The predicted octanol–water partition coefficient (Wildman–Crippen LogP) is 1.45. The van der Waals surface area contributed by atoms with E-state index in [2.05, 4.69) is 14.9 Å². The van der Waals surface area contributed by atoms with Crippen molar-refractivity contribution in [3.8, 4) is 0 Å². The Labute approximate surface area is 74.6 Å². The molecule has 0 radical (unpaired) electrons. The van der Waals surface area contributed by atoms with E-state index in [9.17, 15) is 4.79 Å². The van der Waals surface area contributed by atoms with E-state index in [-0.39, 0.29) is 0 Å². The molecule has 0 saturated carbocycles. The number of rotatable bonds is 2. The monoisotopic (exact) mass is 186 g/mol. The number of carbonyl (C=O) groups excluding carboxylic acids is 1. The van der Waals surface area contributed by atoms with Crippen molar-refractivity contribution in [2.75, 3.05) is 7.11 Å². The van der Waals surface area contributed by atoms with Gasteiger partial charge in [0.05, 0.1) is 7.11 Å². The highest BCUT2D eigenvalue weighted by Gasteiger charge is 2.13. The molecule has 0 atom stereocenters. The summed E-state index contributed by atoms with van der Waals surface area (Å²) >= 11 is 1.28. The van der Waals surface area contributed by atoms with Gasteiger partial charge in [-0.1, -0.05) is 25.2 Å². The molecule has 0 bridgehead atoms. The fourth-order valence-electron chi connectivity index (χ4n) is 0.638. The SMILES string of the molecule is COC(=O)c1nnc(C(C)C)s1. The lowest BCUT2D eigenvalue weighted by molar-refractivity contribution is 0.0599. The first-order valence-corrected chi connectivity index (χ1v) is 4.38. The Bertz CT molecular complexity index is 283. The van der Waals surface area contributed by atoms with Gasteiger partial charge in [0.2, 0.25) is 5.01 Å². The molecule has 1 aromatic rings. The van der Waals surface area contributed by atoms with E-state index < -0.39 is 5.97 Å². The topological polar surface area (TPSA) is 52.1 Å². The molecule has 0 N–H and O–H groups in total. The highest BCUT2D eigenvalue weighted by molar-refractivity contribution is 7.13. The summed E-state index contributed by atoms with van der Waals surface area (Å²) in [5.41, 5.74) is 0. The molecule has 0 aliphatic rings. The molecule has 66 valence electrons. The average molecular weight is 186 g/mol. The first-order valence-electron chi connectivity index (χ1n) is 3.57. The van der Waals surface area contributed by atoms with Gasteiger partial charge in [0.1, 0.15) is 5.01 Å². The Hall–Kier alpha value is -0.970. The molecule has 0 fully saturated rings. The fourth-order valence-corrected chi connectivity index (χ4v) is 1.40. The minimum atomic E-state index is -0.417. The van der Waals surface area contributed by atoms with Crippen molar-refractivity contribution in [3.05, 3.63) is 10.0 Å². The Morgan fingerprint density at radius 1 is 1.50 bits per heavy atom. The van der Waals surface area contributed by atoms with Crippen LogP contribution < -0.4 is 0 Å². The molecule has 1 aromatic heterocycles. The highest BCUT2D eigenvalue weighted by atomic mass is 32.1. The van der Waals surface area contributed by atoms with Crippen LogP contribution in [0.25, 0.3) is 0 Å². The lowest BCUT2D eigenvalue weighted by Gasteiger charge is -1.93. The van der Waals surface area contributed by atoms with E-state index in [1.807, 2.05) is 13.8 Å². The maximum Gasteiger partial charge on any atom is 0.369 e. The summed E-state index contributed by atoms with van der Waals surface area (Å²) in [4.78, 5) is 10.9. The number of hydrogen-bond acceptors (Lipinski definition) is 5. The van der Waals surface area contributed by atoms with E-state index >= 15 is 0 Å². The summed E-state index contributed by atoms with van der Waals surface area (Å²) in [6.45, 7) is 4.00.